The molecule has 0 saturated carbocycles. The van der Waals surface area contributed by atoms with Gasteiger partial charge in [0.1, 0.15) is 0 Å². The molecule has 1 saturated heterocycles. The Labute approximate surface area is 124 Å². The molecule has 2 aromatic rings. The SMILES string of the molecule is CNc1nc(-c2ccncc2C)nc(N2CCCCC2)n1. The van der Waals surface area contributed by atoms with E-state index < -0.39 is 0 Å². The lowest BCUT2D eigenvalue weighted by Crippen LogP contribution is -2.31. The number of pyridine rings is 1. The molecule has 0 aliphatic carbocycles. The number of aromatic nitrogens is 4. The second-order valence-electron chi connectivity index (χ2n) is 5.27. The molecule has 1 fully saturated rings. The zero-order valence-corrected chi connectivity index (χ0v) is 12.5. The predicted molar refractivity (Wildman–Crippen MR) is 83.4 cm³/mol. The van der Waals surface area contributed by atoms with E-state index in [1.54, 1.807) is 6.20 Å². The zero-order chi connectivity index (χ0) is 14.7. The van der Waals surface area contributed by atoms with Crippen LogP contribution in [0.1, 0.15) is 24.8 Å². The van der Waals surface area contributed by atoms with Crippen molar-refractivity contribution in [3.63, 3.8) is 0 Å². The molecular weight excluding hydrogens is 264 g/mol. The second-order valence-corrected chi connectivity index (χ2v) is 5.27. The van der Waals surface area contributed by atoms with Crippen molar-refractivity contribution >= 4 is 11.9 Å². The molecule has 0 spiro atoms. The summed E-state index contributed by atoms with van der Waals surface area (Å²) in [7, 11) is 1.83. The first kappa shape index (κ1) is 13.7. The molecule has 2 aromatic heterocycles. The number of hydrogen-bond donors (Lipinski definition) is 1. The molecular formula is C15H20N6. The van der Waals surface area contributed by atoms with Gasteiger partial charge >= 0.3 is 0 Å². The summed E-state index contributed by atoms with van der Waals surface area (Å²) in [5.41, 5.74) is 2.07. The Hall–Kier alpha value is -2.24. The van der Waals surface area contributed by atoms with Gasteiger partial charge in [-0.05, 0) is 37.8 Å². The molecule has 21 heavy (non-hydrogen) atoms. The highest BCUT2D eigenvalue weighted by Crippen LogP contribution is 2.23. The third-order valence-electron chi connectivity index (χ3n) is 3.75. The van der Waals surface area contributed by atoms with Gasteiger partial charge in [-0.1, -0.05) is 0 Å². The smallest absolute Gasteiger partial charge is 0.230 e. The summed E-state index contributed by atoms with van der Waals surface area (Å²) in [4.78, 5) is 20.0. The van der Waals surface area contributed by atoms with Gasteiger partial charge in [0, 0.05) is 38.1 Å². The lowest BCUT2D eigenvalue weighted by Gasteiger charge is -2.27. The van der Waals surface area contributed by atoms with Gasteiger partial charge in [0.15, 0.2) is 5.82 Å². The number of aryl methyl sites for hydroxylation is 1. The van der Waals surface area contributed by atoms with Gasteiger partial charge in [0.25, 0.3) is 0 Å². The van der Waals surface area contributed by atoms with E-state index in [2.05, 4.69) is 30.2 Å². The third-order valence-corrected chi connectivity index (χ3v) is 3.75. The fourth-order valence-electron chi connectivity index (χ4n) is 2.56. The molecule has 1 N–H and O–H groups in total. The molecule has 0 radical (unpaired) electrons. The summed E-state index contributed by atoms with van der Waals surface area (Å²) in [5, 5.41) is 3.03. The second kappa shape index (κ2) is 6.03. The largest absolute Gasteiger partial charge is 0.357 e. The average Bonchev–Trinajstić information content (AvgIpc) is 2.55. The number of hydrogen-bond acceptors (Lipinski definition) is 6. The summed E-state index contributed by atoms with van der Waals surface area (Å²) in [6.45, 7) is 4.05. The highest BCUT2D eigenvalue weighted by Gasteiger charge is 2.17. The van der Waals surface area contributed by atoms with E-state index in [0.717, 1.165) is 30.2 Å². The van der Waals surface area contributed by atoms with E-state index in [1.807, 2.05) is 26.2 Å². The molecule has 0 bridgehead atoms. The molecule has 3 heterocycles. The fourth-order valence-corrected chi connectivity index (χ4v) is 2.56. The predicted octanol–water partition coefficient (Wildman–Crippen LogP) is 2.27. The highest BCUT2D eigenvalue weighted by atomic mass is 15.3. The van der Waals surface area contributed by atoms with Gasteiger partial charge < -0.3 is 10.2 Å². The standard InChI is InChI=1S/C15H20N6/c1-11-10-17-7-6-12(11)13-18-14(16-2)20-15(19-13)21-8-4-3-5-9-21/h6-7,10H,3-5,8-9H2,1-2H3,(H,16,18,19,20). The van der Waals surface area contributed by atoms with Gasteiger partial charge in [-0.15, -0.1) is 0 Å². The number of nitrogens with zero attached hydrogens (tertiary/aromatic N) is 5. The summed E-state index contributed by atoms with van der Waals surface area (Å²) < 4.78 is 0. The number of anilines is 2. The highest BCUT2D eigenvalue weighted by molar-refractivity contribution is 5.61. The van der Waals surface area contributed by atoms with Crippen LogP contribution in [0.25, 0.3) is 11.4 Å². The van der Waals surface area contributed by atoms with Crippen LogP contribution in [-0.4, -0.2) is 40.1 Å². The topological polar surface area (TPSA) is 66.8 Å². The Balaban J connectivity index is 2.02. The van der Waals surface area contributed by atoms with Crippen LogP contribution in [0.4, 0.5) is 11.9 Å². The normalized spacial score (nSPS) is 15.0. The molecule has 1 aliphatic rings. The molecule has 6 nitrogen and oxygen atoms in total. The van der Waals surface area contributed by atoms with Crippen LogP contribution < -0.4 is 10.2 Å². The Morgan fingerprint density at radius 3 is 2.62 bits per heavy atom. The molecule has 3 rings (SSSR count). The molecule has 0 atom stereocenters. The third kappa shape index (κ3) is 2.94. The summed E-state index contributed by atoms with van der Waals surface area (Å²) in [6, 6.07) is 1.95. The van der Waals surface area contributed by atoms with E-state index in [0.29, 0.717) is 11.8 Å². The van der Waals surface area contributed by atoms with E-state index >= 15 is 0 Å². The summed E-state index contributed by atoms with van der Waals surface area (Å²) >= 11 is 0. The maximum atomic E-state index is 4.67. The Morgan fingerprint density at radius 2 is 1.90 bits per heavy atom. The molecule has 0 amide bonds. The van der Waals surface area contributed by atoms with Crippen LogP contribution in [0.2, 0.25) is 0 Å². The summed E-state index contributed by atoms with van der Waals surface area (Å²) in [5.74, 6) is 2.08. The van der Waals surface area contributed by atoms with Crippen LogP contribution in [-0.2, 0) is 0 Å². The van der Waals surface area contributed by atoms with Gasteiger partial charge in [-0.25, -0.2) is 0 Å². The van der Waals surface area contributed by atoms with Gasteiger partial charge in [-0.2, -0.15) is 15.0 Å². The van der Waals surface area contributed by atoms with E-state index in [4.69, 9.17) is 0 Å². The summed E-state index contributed by atoms with van der Waals surface area (Å²) in [6.07, 6.45) is 7.29. The Bertz CT molecular complexity index is 621. The fraction of sp³-hybridized carbons (Fsp3) is 0.467. The molecule has 1 aliphatic heterocycles. The quantitative estimate of drug-likeness (QED) is 0.932. The van der Waals surface area contributed by atoms with Crippen molar-refractivity contribution in [1.29, 1.82) is 0 Å². The minimum atomic E-state index is 0.608. The van der Waals surface area contributed by atoms with Crippen molar-refractivity contribution < 1.29 is 0 Å². The van der Waals surface area contributed by atoms with Crippen molar-refractivity contribution in [3.05, 3.63) is 24.0 Å². The molecule has 0 unspecified atom stereocenters. The van der Waals surface area contributed by atoms with Crippen LogP contribution in [0.5, 0.6) is 0 Å². The number of piperidine rings is 1. The lowest BCUT2D eigenvalue weighted by atomic mass is 10.1. The van der Waals surface area contributed by atoms with Gasteiger partial charge in [0.2, 0.25) is 11.9 Å². The van der Waals surface area contributed by atoms with Crippen molar-refractivity contribution in [2.75, 3.05) is 30.4 Å². The monoisotopic (exact) mass is 284 g/mol. The van der Waals surface area contributed by atoms with Crippen LogP contribution in [0.3, 0.4) is 0 Å². The minimum Gasteiger partial charge on any atom is -0.357 e. The Morgan fingerprint density at radius 1 is 1.10 bits per heavy atom. The van der Waals surface area contributed by atoms with Crippen molar-refractivity contribution in [2.24, 2.45) is 0 Å². The van der Waals surface area contributed by atoms with Crippen LogP contribution >= 0.6 is 0 Å². The first-order valence-electron chi connectivity index (χ1n) is 7.37. The zero-order valence-electron chi connectivity index (χ0n) is 12.5. The number of rotatable bonds is 3. The van der Waals surface area contributed by atoms with E-state index in [9.17, 15) is 0 Å². The van der Waals surface area contributed by atoms with Crippen LogP contribution in [0.15, 0.2) is 18.5 Å². The van der Waals surface area contributed by atoms with E-state index in [-0.39, 0.29) is 0 Å². The van der Waals surface area contributed by atoms with Crippen molar-refractivity contribution in [1.82, 2.24) is 19.9 Å². The van der Waals surface area contributed by atoms with Gasteiger partial charge in [-0.3, -0.25) is 4.98 Å². The maximum absolute atomic E-state index is 4.67. The number of nitrogens with one attached hydrogen (secondary N) is 1. The average molecular weight is 284 g/mol. The molecule has 0 aromatic carbocycles. The minimum absolute atomic E-state index is 0.608. The first-order chi connectivity index (χ1) is 10.3. The van der Waals surface area contributed by atoms with Crippen LogP contribution in [0, 0.1) is 6.92 Å². The first-order valence-corrected chi connectivity index (χ1v) is 7.37. The molecule has 110 valence electrons. The van der Waals surface area contributed by atoms with Crippen molar-refractivity contribution in [3.8, 4) is 11.4 Å². The van der Waals surface area contributed by atoms with E-state index in [1.165, 1.54) is 19.3 Å². The maximum Gasteiger partial charge on any atom is 0.230 e. The lowest BCUT2D eigenvalue weighted by molar-refractivity contribution is 0.568. The van der Waals surface area contributed by atoms with Crippen molar-refractivity contribution in [2.45, 2.75) is 26.2 Å². The molecule has 6 heteroatoms. The van der Waals surface area contributed by atoms with Gasteiger partial charge in [0.05, 0.1) is 0 Å². The Kier molecular flexibility index (Phi) is 3.94.